The number of sulfonamides is 1. The van der Waals surface area contributed by atoms with E-state index in [0.717, 1.165) is 0 Å². The van der Waals surface area contributed by atoms with Gasteiger partial charge < -0.3 is 15.4 Å². The number of rotatable bonds is 5. The number of hydrogen-bond acceptors (Lipinski definition) is 5. The molecule has 0 radical (unpaired) electrons. The van der Waals surface area contributed by atoms with Crippen LogP contribution in [0.15, 0.2) is 47.4 Å². The highest BCUT2D eigenvalue weighted by molar-refractivity contribution is 7.89. The molecule has 0 unspecified atom stereocenters. The maximum atomic E-state index is 12.9. The molecule has 0 atom stereocenters. The fourth-order valence-electron chi connectivity index (χ4n) is 2.98. The van der Waals surface area contributed by atoms with Gasteiger partial charge in [-0.3, -0.25) is 9.59 Å². The van der Waals surface area contributed by atoms with Crippen LogP contribution in [0.25, 0.3) is 0 Å². The molecule has 0 bridgehead atoms. The van der Waals surface area contributed by atoms with E-state index in [0.29, 0.717) is 43.2 Å². The van der Waals surface area contributed by atoms with Gasteiger partial charge >= 0.3 is 0 Å². The Labute approximate surface area is 169 Å². The molecule has 29 heavy (non-hydrogen) atoms. The van der Waals surface area contributed by atoms with E-state index < -0.39 is 15.9 Å². The number of nitrogens with one attached hydrogen (secondary N) is 2. The van der Waals surface area contributed by atoms with Gasteiger partial charge in [-0.1, -0.05) is 6.07 Å². The largest absolute Gasteiger partial charge is 0.379 e. The second-order valence-corrected chi connectivity index (χ2v) is 8.64. The van der Waals surface area contributed by atoms with Gasteiger partial charge in [-0.2, -0.15) is 4.31 Å². The number of amides is 2. The van der Waals surface area contributed by atoms with E-state index in [4.69, 9.17) is 4.74 Å². The topological polar surface area (TPSA) is 105 Å². The third kappa shape index (κ3) is 5.00. The Hall–Kier alpha value is -2.75. The number of morpholine rings is 1. The number of carbonyl (C=O) groups excluding carboxylic acids is 2. The van der Waals surface area contributed by atoms with Crippen molar-refractivity contribution in [3.8, 4) is 0 Å². The van der Waals surface area contributed by atoms with Crippen LogP contribution in [0.2, 0.25) is 0 Å². The van der Waals surface area contributed by atoms with Gasteiger partial charge in [-0.25, -0.2) is 8.42 Å². The first-order valence-corrected chi connectivity index (χ1v) is 10.6. The highest BCUT2D eigenvalue weighted by atomic mass is 32.2. The number of ether oxygens (including phenoxy) is 1. The van der Waals surface area contributed by atoms with Gasteiger partial charge in [0.2, 0.25) is 15.9 Å². The monoisotopic (exact) mass is 417 g/mol. The molecular formula is C20H23N3O5S. The third-order valence-corrected chi connectivity index (χ3v) is 6.42. The average molecular weight is 417 g/mol. The molecule has 2 amide bonds. The second-order valence-electron chi connectivity index (χ2n) is 6.71. The summed E-state index contributed by atoms with van der Waals surface area (Å²) in [4.78, 5) is 23.9. The lowest BCUT2D eigenvalue weighted by Crippen LogP contribution is -2.40. The minimum atomic E-state index is -3.69. The van der Waals surface area contributed by atoms with Gasteiger partial charge in [-0.05, 0) is 48.9 Å². The number of carbonyl (C=O) groups is 2. The molecule has 154 valence electrons. The Bertz CT molecular complexity index is 1010. The molecule has 2 aromatic rings. The lowest BCUT2D eigenvalue weighted by Gasteiger charge is -2.26. The standard InChI is InChI=1S/C20H23N3O5S/c1-14-3-8-18(29(26,27)23-9-11-28-12-10-23)13-19(14)20(25)22-17-6-4-16(5-7-17)21-15(2)24/h3-8,13H,9-12H2,1-2H3,(H,21,24)(H,22,25). The van der Waals surface area contributed by atoms with Crippen LogP contribution >= 0.6 is 0 Å². The summed E-state index contributed by atoms with van der Waals surface area (Å²) in [7, 11) is -3.69. The van der Waals surface area contributed by atoms with Gasteiger partial charge in [0.25, 0.3) is 5.91 Å². The Morgan fingerprint density at radius 1 is 0.966 bits per heavy atom. The molecule has 0 spiro atoms. The third-order valence-electron chi connectivity index (χ3n) is 4.52. The molecule has 0 saturated carbocycles. The zero-order valence-corrected chi connectivity index (χ0v) is 17.1. The van der Waals surface area contributed by atoms with Crippen molar-refractivity contribution in [2.75, 3.05) is 36.9 Å². The van der Waals surface area contributed by atoms with Crippen LogP contribution < -0.4 is 10.6 Å². The quantitative estimate of drug-likeness (QED) is 0.776. The van der Waals surface area contributed by atoms with E-state index in [1.807, 2.05) is 0 Å². The number of aryl methyl sites for hydroxylation is 1. The summed E-state index contributed by atoms with van der Waals surface area (Å²) < 4.78 is 32.3. The van der Waals surface area contributed by atoms with E-state index >= 15 is 0 Å². The van der Waals surface area contributed by atoms with Crippen molar-refractivity contribution in [1.82, 2.24) is 4.31 Å². The Balaban J connectivity index is 1.80. The molecule has 0 aliphatic carbocycles. The van der Waals surface area contributed by atoms with E-state index in [1.165, 1.54) is 23.4 Å². The Morgan fingerprint density at radius 2 is 1.55 bits per heavy atom. The van der Waals surface area contributed by atoms with E-state index in [-0.39, 0.29) is 16.4 Å². The van der Waals surface area contributed by atoms with Crippen LogP contribution in [0.3, 0.4) is 0 Å². The first kappa shape index (κ1) is 21.0. The lowest BCUT2D eigenvalue weighted by atomic mass is 10.1. The van der Waals surface area contributed by atoms with E-state index in [9.17, 15) is 18.0 Å². The van der Waals surface area contributed by atoms with Crippen molar-refractivity contribution in [2.24, 2.45) is 0 Å². The van der Waals surface area contributed by atoms with Crippen molar-refractivity contribution in [2.45, 2.75) is 18.7 Å². The molecule has 1 aliphatic rings. The Morgan fingerprint density at radius 3 is 2.14 bits per heavy atom. The van der Waals surface area contributed by atoms with Gasteiger partial charge in [0.05, 0.1) is 18.1 Å². The van der Waals surface area contributed by atoms with Crippen LogP contribution in [0.4, 0.5) is 11.4 Å². The Kier molecular flexibility index (Phi) is 6.31. The minimum absolute atomic E-state index is 0.0798. The van der Waals surface area contributed by atoms with Crippen molar-refractivity contribution in [3.63, 3.8) is 0 Å². The number of benzene rings is 2. The molecule has 8 nitrogen and oxygen atoms in total. The summed E-state index contributed by atoms with van der Waals surface area (Å²) in [5.74, 6) is -0.593. The molecule has 1 heterocycles. The zero-order chi connectivity index (χ0) is 21.0. The highest BCUT2D eigenvalue weighted by Gasteiger charge is 2.27. The molecule has 1 saturated heterocycles. The van der Waals surface area contributed by atoms with E-state index in [2.05, 4.69) is 10.6 Å². The maximum Gasteiger partial charge on any atom is 0.255 e. The minimum Gasteiger partial charge on any atom is -0.379 e. The molecule has 0 aromatic heterocycles. The van der Waals surface area contributed by atoms with Crippen LogP contribution in [0, 0.1) is 6.92 Å². The summed E-state index contributed by atoms with van der Waals surface area (Å²) in [6, 6.07) is 11.2. The van der Waals surface area contributed by atoms with Gasteiger partial charge in [0.15, 0.2) is 0 Å². The van der Waals surface area contributed by atoms with Crippen LogP contribution in [-0.2, 0) is 19.6 Å². The van der Waals surface area contributed by atoms with Crippen molar-refractivity contribution < 1.29 is 22.7 Å². The van der Waals surface area contributed by atoms with Crippen LogP contribution in [-0.4, -0.2) is 50.8 Å². The SMILES string of the molecule is CC(=O)Nc1ccc(NC(=O)c2cc(S(=O)(=O)N3CCOCC3)ccc2C)cc1. The second kappa shape index (κ2) is 8.73. The van der Waals surface area contributed by atoms with Gasteiger partial charge in [0, 0.05) is 37.0 Å². The fraction of sp³-hybridized carbons (Fsp3) is 0.300. The number of anilines is 2. The molecule has 9 heteroatoms. The summed E-state index contributed by atoms with van der Waals surface area (Å²) in [6.45, 7) is 4.45. The highest BCUT2D eigenvalue weighted by Crippen LogP contribution is 2.22. The first-order chi connectivity index (χ1) is 13.8. The smallest absolute Gasteiger partial charge is 0.255 e. The maximum absolute atomic E-state index is 12.9. The average Bonchev–Trinajstić information content (AvgIpc) is 2.70. The summed E-state index contributed by atoms with van der Waals surface area (Å²) in [5, 5.41) is 5.41. The number of nitrogens with zero attached hydrogens (tertiary/aromatic N) is 1. The van der Waals surface area contributed by atoms with Crippen molar-refractivity contribution in [1.29, 1.82) is 0 Å². The molecule has 1 aliphatic heterocycles. The molecular weight excluding hydrogens is 394 g/mol. The normalized spacial score (nSPS) is 15.0. The number of hydrogen-bond donors (Lipinski definition) is 2. The summed E-state index contributed by atoms with van der Waals surface area (Å²) in [6.07, 6.45) is 0. The van der Waals surface area contributed by atoms with Crippen molar-refractivity contribution >= 4 is 33.2 Å². The zero-order valence-electron chi connectivity index (χ0n) is 16.3. The predicted octanol–water partition coefficient (Wildman–Crippen LogP) is 2.23. The lowest BCUT2D eigenvalue weighted by molar-refractivity contribution is -0.114. The predicted molar refractivity (Wildman–Crippen MR) is 109 cm³/mol. The molecule has 3 rings (SSSR count). The van der Waals surface area contributed by atoms with E-state index in [1.54, 1.807) is 37.3 Å². The molecule has 2 aromatic carbocycles. The van der Waals surface area contributed by atoms with Crippen molar-refractivity contribution in [3.05, 3.63) is 53.6 Å². The van der Waals surface area contributed by atoms with Crippen LogP contribution in [0.5, 0.6) is 0 Å². The first-order valence-electron chi connectivity index (χ1n) is 9.15. The fourth-order valence-corrected chi connectivity index (χ4v) is 4.42. The molecule has 2 N–H and O–H groups in total. The van der Waals surface area contributed by atoms with Crippen LogP contribution in [0.1, 0.15) is 22.8 Å². The van der Waals surface area contributed by atoms with Gasteiger partial charge in [-0.15, -0.1) is 0 Å². The molecule has 1 fully saturated rings. The summed E-state index contributed by atoms with van der Waals surface area (Å²) in [5.41, 5.74) is 2.10. The summed E-state index contributed by atoms with van der Waals surface area (Å²) >= 11 is 0. The van der Waals surface area contributed by atoms with Gasteiger partial charge in [0.1, 0.15) is 0 Å².